The van der Waals surface area contributed by atoms with Crippen LogP contribution >= 0.6 is 0 Å². The molecule has 0 aliphatic heterocycles. The molecule has 0 amide bonds. The number of hydrogen-bond donors (Lipinski definition) is 0. The molecule has 0 spiro atoms. The van der Waals surface area contributed by atoms with E-state index in [2.05, 4.69) is 17.2 Å². The largest absolute Gasteiger partial charge is 0.294 e. The molecule has 0 fully saturated rings. The smallest absolute Gasteiger partial charge is 0.163 e. The van der Waals surface area contributed by atoms with Gasteiger partial charge in [0, 0.05) is 17.4 Å². The minimum atomic E-state index is 0.272. The third-order valence-corrected chi connectivity index (χ3v) is 4.24. The third-order valence-electron chi connectivity index (χ3n) is 4.24. The lowest BCUT2D eigenvalue weighted by Crippen LogP contribution is -2.11. The van der Waals surface area contributed by atoms with E-state index in [9.17, 15) is 4.79 Å². The highest BCUT2D eigenvalue weighted by Gasteiger charge is 2.20. The number of Topliss-reactive ketones (excluding diaryl/α,β-unsaturated/α-hetero) is 1. The molecule has 3 nitrogen and oxygen atoms in total. The number of fused-ring (bicyclic) bond motifs is 3. The van der Waals surface area contributed by atoms with Gasteiger partial charge in [-0.2, -0.15) is 5.10 Å². The van der Waals surface area contributed by atoms with Crippen molar-refractivity contribution in [2.45, 2.75) is 25.8 Å². The normalized spacial score (nSPS) is 14.4. The van der Waals surface area contributed by atoms with Crippen molar-refractivity contribution in [2.75, 3.05) is 0 Å². The molecule has 0 unspecified atom stereocenters. The summed E-state index contributed by atoms with van der Waals surface area (Å²) in [4.78, 5) is 12.0. The molecule has 0 N–H and O–H groups in total. The predicted molar refractivity (Wildman–Crippen MR) is 82.5 cm³/mol. The maximum absolute atomic E-state index is 12.0. The van der Waals surface area contributed by atoms with Crippen LogP contribution in [0.4, 0.5) is 0 Å². The molecule has 3 aromatic rings. The van der Waals surface area contributed by atoms with Crippen LogP contribution < -0.4 is 0 Å². The van der Waals surface area contributed by atoms with Crippen LogP contribution in [0.1, 0.15) is 34.3 Å². The summed E-state index contributed by atoms with van der Waals surface area (Å²) in [6, 6.07) is 14.3. The molecule has 4 rings (SSSR count). The van der Waals surface area contributed by atoms with Crippen LogP contribution in [0.3, 0.4) is 0 Å². The van der Waals surface area contributed by atoms with Crippen LogP contribution in [0, 0.1) is 0 Å². The predicted octanol–water partition coefficient (Wildman–Crippen LogP) is 3.60. The molecule has 2 aromatic carbocycles. The fraction of sp³-hybridized carbons (Fsp3) is 0.222. The molecule has 1 heterocycles. The monoisotopic (exact) mass is 276 g/mol. The van der Waals surface area contributed by atoms with Crippen molar-refractivity contribution in [3.05, 3.63) is 65.4 Å². The van der Waals surface area contributed by atoms with Crippen LogP contribution in [0.15, 0.2) is 48.7 Å². The average molecular weight is 276 g/mol. The standard InChI is InChI=1S/C18H16N2O/c21-18-8-4-7-14-15(18)9-10-17-16(14)11-19-20(17)12-13-5-2-1-3-6-13/h1-3,5-6,9-11H,4,7-8,12H2. The number of carbonyl (C=O) groups is 1. The van der Waals surface area contributed by atoms with Gasteiger partial charge >= 0.3 is 0 Å². The Kier molecular flexibility index (Phi) is 2.85. The van der Waals surface area contributed by atoms with E-state index in [1.165, 1.54) is 11.1 Å². The summed E-state index contributed by atoms with van der Waals surface area (Å²) in [6.45, 7) is 0.761. The van der Waals surface area contributed by atoms with Crippen molar-refractivity contribution < 1.29 is 4.79 Å². The van der Waals surface area contributed by atoms with E-state index in [1.807, 2.05) is 41.2 Å². The first-order valence-electron chi connectivity index (χ1n) is 7.37. The summed E-state index contributed by atoms with van der Waals surface area (Å²) in [6.07, 6.45) is 4.52. The van der Waals surface area contributed by atoms with Gasteiger partial charge in [-0.3, -0.25) is 9.48 Å². The average Bonchev–Trinajstić information content (AvgIpc) is 2.92. The van der Waals surface area contributed by atoms with Crippen molar-refractivity contribution in [1.29, 1.82) is 0 Å². The number of nitrogens with zero attached hydrogens (tertiary/aromatic N) is 2. The molecule has 1 aliphatic rings. The number of rotatable bonds is 2. The van der Waals surface area contributed by atoms with Crippen molar-refractivity contribution in [3.8, 4) is 0 Å². The van der Waals surface area contributed by atoms with E-state index in [1.54, 1.807) is 0 Å². The topological polar surface area (TPSA) is 34.9 Å². The van der Waals surface area contributed by atoms with Gasteiger partial charge in [0.15, 0.2) is 5.78 Å². The Bertz CT molecular complexity index is 818. The zero-order valence-electron chi connectivity index (χ0n) is 11.7. The summed E-state index contributed by atoms with van der Waals surface area (Å²) < 4.78 is 2.02. The first-order chi connectivity index (χ1) is 10.3. The van der Waals surface area contributed by atoms with E-state index in [-0.39, 0.29) is 5.78 Å². The SMILES string of the molecule is O=C1CCCc2c1ccc1c2cnn1Cc1ccccc1. The Morgan fingerprint density at radius 1 is 1.05 bits per heavy atom. The first kappa shape index (κ1) is 12.3. The lowest BCUT2D eigenvalue weighted by atomic mass is 9.88. The molecular formula is C18H16N2O. The van der Waals surface area contributed by atoms with Gasteiger partial charge in [0.2, 0.25) is 0 Å². The van der Waals surface area contributed by atoms with E-state index in [0.29, 0.717) is 6.42 Å². The van der Waals surface area contributed by atoms with Gasteiger partial charge in [0.1, 0.15) is 0 Å². The summed E-state index contributed by atoms with van der Waals surface area (Å²) in [5.74, 6) is 0.272. The fourth-order valence-corrected chi connectivity index (χ4v) is 3.18. The minimum absolute atomic E-state index is 0.272. The molecule has 1 aliphatic carbocycles. The second kappa shape index (κ2) is 4.85. The highest BCUT2D eigenvalue weighted by Crippen LogP contribution is 2.29. The van der Waals surface area contributed by atoms with Crippen LogP contribution in [0.2, 0.25) is 0 Å². The van der Waals surface area contributed by atoms with Gasteiger partial charge < -0.3 is 0 Å². The second-order valence-electron chi connectivity index (χ2n) is 5.59. The zero-order valence-corrected chi connectivity index (χ0v) is 11.7. The minimum Gasteiger partial charge on any atom is -0.294 e. The Morgan fingerprint density at radius 2 is 1.90 bits per heavy atom. The van der Waals surface area contributed by atoms with Crippen molar-refractivity contribution in [3.63, 3.8) is 0 Å². The lowest BCUT2D eigenvalue weighted by Gasteiger charge is -2.15. The van der Waals surface area contributed by atoms with Gasteiger partial charge in [-0.05, 0) is 36.1 Å². The van der Waals surface area contributed by atoms with Crippen LogP contribution in [-0.2, 0) is 13.0 Å². The number of aromatic nitrogens is 2. The molecule has 3 heteroatoms. The molecule has 0 radical (unpaired) electrons. The number of ketones is 1. The summed E-state index contributed by atoms with van der Waals surface area (Å²) in [5, 5.41) is 5.66. The Balaban J connectivity index is 1.81. The third kappa shape index (κ3) is 2.05. The van der Waals surface area contributed by atoms with Gasteiger partial charge in [-0.1, -0.05) is 30.3 Å². The van der Waals surface area contributed by atoms with Crippen molar-refractivity contribution >= 4 is 16.7 Å². The summed E-state index contributed by atoms with van der Waals surface area (Å²) in [7, 11) is 0. The van der Waals surface area contributed by atoms with Gasteiger partial charge in [-0.25, -0.2) is 0 Å². The number of hydrogen-bond acceptors (Lipinski definition) is 2. The summed E-state index contributed by atoms with van der Waals surface area (Å²) >= 11 is 0. The quantitative estimate of drug-likeness (QED) is 0.716. The first-order valence-corrected chi connectivity index (χ1v) is 7.37. The molecule has 104 valence electrons. The molecule has 21 heavy (non-hydrogen) atoms. The van der Waals surface area contributed by atoms with E-state index in [4.69, 9.17) is 0 Å². The molecule has 0 bridgehead atoms. The highest BCUT2D eigenvalue weighted by molar-refractivity contribution is 6.03. The molecule has 0 saturated heterocycles. The van der Waals surface area contributed by atoms with E-state index >= 15 is 0 Å². The van der Waals surface area contributed by atoms with Crippen LogP contribution in [0.5, 0.6) is 0 Å². The zero-order chi connectivity index (χ0) is 14.2. The molecule has 0 atom stereocenters. The van der Waals surface area contributed by atoms with Crippen LogP contribution in [0.25, 0.3) is 10.9 Å². The van der Waals surface area contributed by atoms with Crippen LogP contribution in [-0.4, -0.2) is 15.6 Å². The van der Waals surface area contributed by atoms with Gasteiger partial charge in [0.05, 0.1) is 18.3 Å². The molecule has 1 aromatic heterocycles. The number of carbonyl (C=O) groups excluding carboxylic acids is 1. The van der Waals surface area contributed by atoms with E-state index < -0.39 is 0 Å². The second-order valence-corrected chi connectivity index (χ2v) is 5.59. The molecular weight excluding hydrogens is 260 g/mol. The highest BCUT2D eigenvalue weighted by atomic mass is 16.1. The van der Waals surface area contributed by atoms with Crippen molar-refractivity contribution in [2.24, 2.45) is 0 Å². The lowest BCUT2D eigenvalue weighted by molar-refractivity contribution is 0.0973. The fourth-order valence-electron chi connectivity index (χ4n) is 3.18. The Morgan fingerprint density at radius 3 is 2.76 bits per heavy atom. The maximum Gasteiger partial charge on any atom is 0.163 e. The van der Waals surface area contributed by atoms with Gasteiger partial charge in [0.25, 0.3) is 0 Å². The number of benzene rings is 2. The molecule has 0 saturated carbocycles. The van der Waals surface area contributed by atoms with Gasteiger partial charge in [-0.15, -0.1) is 0 Å². The Hall–Kier alpha value is -2.42. The summed E-state index contributed by atoms with van der Waals surface area (Å²) in [5.41, 5.74) is 4.43. The Labute approximate surface area is 123 Å². The number of aryl methyl sites for hydroxylation is 1. The van der Waals surface area contributed by atoms with E-state index in [0.717, 1.165) is 35.9 Å². The maximum atomic E-state index is 12.0. The van der Waals surface area contributed by atoms with Crippen molar-refractivity contribution in [1.82, 2.24) is 9.78 Å².